The molecule has 0 amide bonds. The zero-order valence-corrected chi connectivity index (χ0v) is 13.3. The summed E-state index contributed by atoms with van der Waals surface area (Å²) >= 11 is 4.29. The molecule has 0 aliphatic heterocycles. The molecule has 0 atom stereocenters. The number of aromatic carboxylic acids is 1. The molecule has 6 heteroatoms. The van der Waals surface area contributed by atoms with Crippen molar-refractivity contribution in [1.29, 1.82) is 0 Å². The standard InChI is InChI=1S/C14H13BrFNO2S/c1-6(2)9-11(17)13(14(18)19)20-12(9)7-4-3-5-8(16)10(7)15/h3-6H,17H2,1-2H3,(H,18,19). The van der Waals surface area contributed by atoms with Gasteiger partial charge in [-0.2, -0.15) is 0 Å². The molecule has 2 aromatic rings. The van der Waals surface area contributed by atoms with Crippen LogP contribution in [-0.2, 0) is 0 Å². The summed E-state index contributed by atoms with van der Waals surface area (Å²) in [6.07, 6.45) is 0. The SMILES string of the molecule is CC(C)c1c(-c2cccc(F)c2Br)sc(C(=O)O)c1N. The van der Waals surface area contributed by atoms with Gasteiger partial charge in [0.2, 0.25) is 0 Å². The second-order valence-corrected chi connectivity index (χ2v) is 6.46. The summed E-state index contributed by atoms with van der Waals surface area (Å²) in [4.78, 5) is 12.0. The maximum Gasteiger partial charge on any atom is 0.348 e. The summed E-state index contributed by atoms with van der Waals surface area (Å²) in [5.41, 5.74) is 7.59. The summed E-state index contributed by atoms with van der Waals surface area (Å²) in [6, 6.07) is 4.68. The average molecular weight is 358 g/mol. The van der Waals surface area contributed by atoms with Gasteiger partial charge in [-0.05, 0) is 33.5 Å². The highest BCUT2D eigenvalue weighted by molar-refractivity contribution is 9.10. The molecule has 1 heterocycles. The number of carbonyl (C=O) groups is 1. The molecule has 0 aliphatic rings. The van der Waals surface area contributed by atoms with Gasteiger partial charge in [0.1, 0.15) is 10.7 Å². The zero-order valence-electron chi connectivity index (χ0n) is 10.9. The van der Waals surface area contributed by atoms with E-state index in [0.717, 1.165) is 16.9 Å². The third-order valence-corrected chi connectivity index (χ3v) is 5.00. The Bertz CT molecular complexity index is 682. The number of nitrogen functional groups attached to an aromatic ring is 1. The number of nitrogens with two attached hydrogens (primary N) is 1. The largest absolute Gasteiger partial charge is 0.477 e. The van der Waals surface area contributed by atoms with Gasteiger partial charge in [0.15, 0.2) is 0 Å². The predicted molar refractivity (Wildman–Crippen MR) is 82.9 cm³/mol. The van der Waals surface area contributed by atoms with Gasteiger partial charge in [0.05, 0.1) is 10.2 Å². The normalized spacial score (nSPS) is 11.1. The first-order valence-corrected chi connectivity index (χ1v) is 7.55. The lowest BCUT2D eigenvalue weighted by molar-refractivity contribution is 0.0703. The molecule has 0 aliphatic carbocycles. The van der Waals surface area contributed by atoms with Gasteiger partial charge in [-0.25, -0.2) is 9.18 Å². The Morgan fingerprint density at radius 2 is 2.10 bits per heavy atom. The van der Waals surface area contributed by atoms with Crippen molar-refractivity contribution in [3.63, 3.8) is 0 Å². The topological polar surface area (TPSA) is 63.3 Å². The van der Waals surface area contributed by atoms with Crippen LogP contribution in [-0.4, -0.2) is 11.1 Å². The minimum atomic E-state index is -1.06. The third-order valence-electron chi connectivity index (χ3n) is 2.95. The molecule has 1 aromatic heterocycles. The summed E-state index contributed by atoms with van der Waals surface area (Å²) in [5.74, 6) is -1.40. The van der Waals surface area contributed by atoms with Crippen molar-refractivity contribution in [2.75, 3.05) is 5.73 Å². The van der Waals surface area contributed by atoms with Gasteiger partial charge < -0.3 is 10.8 Å². The first-order chi connectivity index (χ1) is 9.34. The Labute approximate surface area is 128 Å². The minimum absolute atomic E-state index is 0.0458. The van der Waals surface area contributed by atoms with Gasteiger partial charge in [-0.3, -0.25) is 0 Å². The van der Waals surface area contributed by atoms with Crippen molar-refractivity contribution < 1.29 is 14.3 Å². The van der Waals surface area contributed by atoms with Gasteiger partial charge in [-0.15, -0.1) is 11.3 Å². The molecule has 0 saturated heterocycles. The van der Waals surface area contributed by atoms with E-state index in [1.54, 1.807) is 12.1 Å². The van der Waals surface area contributed by atoms with Crippen LogP contribution in [0, 0.1) is 5.82 Å². The second kappa shape index (κ2) is 5.54. The third kappa shape index (κ3) is 2.45. The van der Waals surface area contributed by atoms with Gasteiger partial charge in [0, 0.05) is 10.4 Å². The zero-order chi connectivity index (χ0) is 15.0. The van der Waals surface area contributed by atoms with Crippen molar-refractivity contribution in [3.8, 4) is 10.4 Å². The summed E-state index contributed by atoms with van der Waals surface area (Å²) in [5, 5.41) is 9.20. The van der Waals surface area contributed by atoms with E-state index in [2.05, 4.69) is 15.9 Å². The Morgan fingerprint density at radius 1 is 1.45 bits per heavy atom. The summed E-state index contributed by atoms with van der Waals surface area (Å²) in [6.45, 7) is 3.86. The highest BCUT2D eigenvalue weighted by Crippen LogP contribution is 2.45. The van der Waals surface area contributed by atoms with E-state index in [1.165, 1.54) is 6.07 Å². The van der Waals surface area contributed by atoms with Crippen molar-refractivity contribution in [3.05, 3.63) is 38.9 Å². The lowest BCUT2D eigenvalue weighted by Gasteiger charge is -2.10. The van der Waals surface area contributed by atoms with E-state index < -0.39 is 5.97 Å². The van der Waals surface area contributed by atoms with E-state index in [0.29, 0.717) is 14.9 Å². The number of carboxylic acids is 1. The van der Waals surface area contributed by atoms with Crippen molar-refractivity contribution in [2.24, 2.45) is 0 Å². The number of rotatable bonds is 3. The smallest absolute Gasteiger partial charge is 0.348 e. The summed E-state index contributed by atoms with van der Waals surface area (Å²) in [7, 11) is 0. The average Bonchev–Trinajstić information content (AvgIpc) is 2.70. The van der Waals surface area contributed by atoms with Crippen LogP contribution >= 0.6 is 27.3 Å². The van der Waals surface area contributed by atoms with Crippen molar-refractivity contribution in [2.45, 2.75) is 19.8 Å². The molecule has 3 N–H and O–H groups in total. The number of hydrogen-bond donors (Lipinski definition) is 2. The van der Waals surface area contributed by atoms with Crippen LogP contribution in [0.5, 0.6) is 0 Å². The molecule has 0 saturated carbocycles. The van der Waals surface area contributed by atoms with Crippen LogP contribution in [0.2, 0.25) is 0 Å². The molecule has 0 bridgehead atoms. The Balaban J connectivity index is 2.76. The van der Waals surface area contributed by atoms with Crippen LogP contribution < -0.4 is 5.73 Å². The van der Waals surface area contributed by atoms with Gasteiger partial charge in [-0.1, -0.05) is 26.0 Å². The van der Waals surface area contributed by atoms with E-state index in [1.807, 2.05) is 13.8 Å². The molecule has 0 fully saturated rings. The Hall–Kier alpha value is -1.40. The van der Waals surface area contributed by atoms with Gasteiger partial charge in [0.25, 0.3) is 0 Å². The molecule has 0 radical (unpaired) electrons. The van der Waals surface area contributed by atoms with Crippen LogP contribution in [0.25, 0.3) is 10.4 Å². The van der Waals surface area contributed by atoms with Crippen LogP contribution in [0.4, 0.5) is 10.1 Å². The Kier molecular flexibility index (Phi) is 4.15. The molecule has 0 unspecified atom stereocenters. The number of anilines is 1. The minimum Gasteiger partial charge on any atom is -0.477 e. The number of thiophene rings is 1. The van der Waals surface area contributed by atoms with E-state index in [4.69, 9.17) is 5.73 Å². The number of hydrogen-bond acceptors (Lipinski definition) is 3. The monoisotopic (exact) mass is 357 g/mol. The molecule has 0 spiro atoms. The fraction of sp³-hybridized carbons (Fsp3) is 0.214. The van der Waals surface area contributed by atoms with Gasteiger partial charge >= 0.3 is 5.97 Å². The molecular formula is C14H13BrFNO2S. The van der Waals surface area contributed by atoms with E-state index in [-0.39, 0.29) is 22.3 Å². The van der Waals surface area contributed by atoms with Crippen molar-refractivity contribution >= 4 is 38.9 Å². The molecule has 3 nitrogen and oxygen atoms in total. The fourth-order valence-electron chi connectivity index (χ4n) is 2.07. The molecule has 106 valence electrons. The fourth-order valence-corrected chi connectivity index (χ4v) is 3.91. The first-order valence-electron chi connectivity index (χ1n) is 5.94. The lowest BCUT2D eigenvalue weighted by Crippen LogP contribution is -2.00. The summed E-state index contributed by atoms with van der Waals surface area (Å²) < 4.78 is 14.0. The van der Waals surface area contributed by atoms with E-state index in [9.17, 15) is 14.3 Å². The maximum atomic E-state index is 13.7. The van der Waals surface area contributed by atoms with Crippen LogP contribution in [0.1, 0.15) is 35.0 Å². The highest BCUT2D eigenvalue weighted by atomic mass is 79.9. The maximum absolute atomic E-state index is 13.7. The number of halogens is 2. The lowest BCUT2D eigenvalue weighted by atomic mass is 9.98. The molecule has 20 heavy (non-hydrogen) atoms. The predicted octanol–water partition coefficient (Wildman–Crippen LogP) is 4.72. The van der Waals surface area contributed by atoms with Crippen molar-refractivity contribution in [1.82, 2.24) is 0 Å². The molecule has 1 aromatic carbocycles. The highest BCUT2D eigenvalue weighted by Gasteiger charge is 2.24. The number of carboxylic acid groups (broad SMARTS) is 1. The second-order valence-electron chi connectivity index (χ2n) is 4.65. The Morgan fingerprint density at radius 3 is 2.65 bits per heavy atom. The van der Waals surface area contributed by atoms with Crippen LogP contribution in [0.3, 0.4) is 0 Å². The molecular weight excluding hydrogens is 345 g/mol. The van der Waals surface area contributed by atoms with E-state index >= 15 is 0 Å². The number of benzene rings is 1. The first kappa shape index (κ1) is 15.0. The molecule has 2 rings (SSSR count). The quantitative estimate of drug-likeness (QED) is 0.835. The van der Waals surface area contributed by atoms with Crippen LogP contribution in [0.15, 0.2) is 22.7 Å².